The number of hydrogen-bond acceptors (Lipinski definition) is 3. The summed E-state index contributed by atoms with van der Waals surface area (Å²) in [5.74, 6) is -0.272. The third-order valence-electron chi connectivity index (χ3n) is 2.39. The number of amides is 1. The number of allylic oxidation sites excluding steroid dienone is 2. The first-order chi connectivity index (χ1) is 7.75. The lowest BCUT2D eigenvalue weighted by atomic mass is 10.3. The van der Waals surface area contributed by atoms with Gasteiger partial charge in [0.1, 0.15) is 5.69 Å². The Morgan fingerprint density at radius 3 is 2.94 bits per heavy atom. The summed E-state index contributed by atoms with van der Waals surface area (Å²) in [4.78, 5) is 15.5. The summed E-state index contributed by atoms with van der Waals surface area (Å²) < 4.78 is 0. The van der Waals surface area contributed by atoms with Crippen LogP contribution in [0.2, 0.25) is 0 Å². The van der Waals surface area contributed by atoms with Crippen molar-refractivity contribution in [2.75, 3.05) is 0 Å². The molecule has 1 N–H and O–H groups in total. The second kappa shape index (κ2) is 4.70. The topological polar surface area (TPSA) is 54.4 Å². The Kier molecular flexibility index (Phi) is 3.10. The van der Waals surface area contributed by atoms with E-state index in [-0.39, 0.29) is 5.91 Å². The third kappa shape index (κ3) is 2.53. The summed E-state index contributed by atoms with van der Waals surface area (Å²) in [6.45, 7) is 2.06. The van der Waals surface area contributed by atoms with E-state index in [4.69, 9.17) is 0 Å². The molecule has 1 aromatic heterocycles. The van der Waals surface area contributed by atoms with Crippen molar-refractivity contribution in [3.63, 3.8) is 0 Å². The minimum atomic E-state index is -0.272. The van der Waals surface area contributed by atoms with E-state index in [1.807, 2.05) is 6.08 Å². The molecular formula is C12H13N3O. The molecule has 0 saturated carbocycles. The molecule has 1 heterocycles. The quantitative estimate of drug-likeness (QED) is 0.766. The van der Waals surface area contributed by atoms with E-state index in [1.165, 1.54) is 5.57 Å². The summed E-state index contributed by atoms with van der Waals surface area (Å²) in [5, 5.41) is 4.05. The molecule has 4 heteroatoms. The highest BCUT2D eigenvalue weighted by Gasteiger charge is 2.08. The largest absolute Gasteiger partial charge is 0.289 e. The van der Waals surface area contributed by atoms with E-state index in [2.05, 4.69) is 22.4 Å². The predicted octanol–water partition coefficient (Wildman–Crippen LogP) is 1.91. The second-order valence-electron chi connectivity index (χ2n) is 3.75. The van der Waals surface area contributed by atoms with E-state index in [1.54, 1.807) is 24.4 Å². The van der Waals surface area contributed by atoms with Crippen LogP contribution in [0, 0.1) is 0 Å². The summed E-state index contributed by atoms with van der Waals surface area (Å²) in [6.07, 6.45) is 5.51. The molecule has 0 aromatic carbocycles. The fourth-order valence-corrected chi connectivity index (χ4v) is 1.52. The minimum absolute atomic E-state index is 0.272. The molecule has 0 atom stereocenters. The van der Waals surface area contributed by atoms with Crippen LogP contribution in [0.25, 0.3) is 0 Å². The molecule has 0 spiro atoms. The Balaban J connectivity index is 1.99. The highest BCUT2D eigenvalue weighted by atomic mass is 16.2. The van der Waals surface area contributed by atoms with Crippen LogP contribution in [0.15, 0.2) is 41.1 Å². The second-order valence-corrected chi connectivity index (χ2v) is 3.75. The first-order valence-corrected chi connectivity index (χ1v) is 5.21. The van der Waals surface area contributed by atoms with E-state index in [0.717, 1.165) is 18.6 Å². The predicted molar refractivity (Wildman–Crippen MR) is 62.1 cm³/mol. The molecule has 16 heavy (non-hydrogen) atoms. The third-order valence-corrected chi connectivity index (χ3v) is 2.39. The monoisotopic (exact) mass is 215 g/mol. The number of nitrogens with one attached hydrogen (secondary N) is 1. The summed E-state index contributed by atoms with van der Waals surface area (Å²) >= 11 is 0. The molecule has 2 rings (SSSR count). The van der Waals surface area contributed by atoms with Gasteiger partial charge < -0.3 is 0 Å². The molecule has 1 aliphatic rings. The molecule has 0 unspecified atom stereocenters. The van der Waals surface area contributed by atoms with Crippen molar-refractivity contribution < 1.29 is 4.79 Å². The Bertz CT molecular complexity index is 449. The number of hydrogen-bond donors (Lipinski definition) is 1. The van der Waals surface area contributed by atoms with Crippen molar-refractivity contribution in [1.82, 2.24) is 10.4 Å². The Morgan fingerprint density at radius 2 is 2.31 bits per heavy atom. The Morgan fingerprint density at radius 1 is 1.44 bits per heavy atom. The van der Waals surface area contributed by atoms with Crippen molar-refractivity contribution in [2.45, 2.75) is 19.8 Å². The van der Waals surface area contributed by atoms with Gasteiger partial charge in [0.25, 0.3) is 5.91 Å². The molecule has 0 saturated heterocycles. The number of carbonyl (C=O) groups is 1. The van der Waals surface area contributed by atoms with Gasteiger partial charge in [-0.1, -0.05) is 11.6 Å². The van der Waals surface area contributed by atoms with Crippen LogP contribution in [0.3, 0.4) is 0 Å². The molecule has 0 aliphatic heterocycles. The van der Waals surface area contributed by atoms with Gasteiger partial charge in [0.2, 0.25) is 0 Å². The van der Waals surface area contributed by atoms with Crippen LogP contribution in [0.5, 0.6) is 0 Å². The highest BCUT2D eigenvalue weighted by Crippen LogP contribution is 2.14. The van der Waals surface area contributed by atoms with E-state index >= 15 is 0 Å². The SMILES string of the molecule is CC1=C/C(=N/NC(=O)c2ccccn2)CC1. The van der Waals surface area contributed by atoms with E-state index in [0.29, 0.717) is 5.69 Å². The number of pyridine rings is 1. The highest BCUT2D eigenvalue weighted by molar-refractivity contribution is 5.99. The van der Waals surface area contributed by atoms with Gasteiger partial charge in [0, 0.05) is 6.20 Å². The van der Waals surface area contributed by atoms with Crippen molar-refractivity contribution >= 4 is 11.6 Å². The molecule has 0 radical (unpaired) electrons. The summed E-state index contributed by atoms with van der Waals surface area (Å²) in [6, 6.07) is 5.20. The number of hydrazone groups is 1. The van der Waals surface area contributed by atoms with Crippen molar-refractivity contribution in [3.05, 3.63) is 41.7 Å². The van der Waals surface area contributed by atoms with Crippen LogP contribution in [0.1, 0.15) is 30.3 Å². The smallest absolute Gasteiger partial charge is 0.266 e. The summed E-state index contributed by atoms with van der Waals surface area (Å²) in [5.41, 5.74) is 5.10. The zero-order valence-corrected chi connectivity index (χ0v) is 9.10. The van der Waals surface area contributed by atoms with Crippen LogP contribution in [0.4, 0.5) is 0 Å². The van der Waals surface area contributed by atoms with Crippen LogP contribution in [-0.4, -0.2) is 16.6 Å². The van der Waals surface area contributed by atoms with Crippen LogP contribution < -0.4 is 5.43 Å². The minimum Gasteiger partial charge on any atom is -0.266 e. The first kappa shape index (κ1) is 10.5. The Hall–Kier alpha value is -1.97. The van der Waals surface area contributed by atoms with Gasteiger partial charge in [-0.3, -0.25) is 9.78 Å². The van der Waals surface area contributed by atoms with E-state index in [9.17, 15) is 4.79 Å². The van der Waals surface area contributed by atoms with Crippen molar-refractivity contribution in [1.29, 1.82) is 0 Å². The lowest BCUT2D eigenvalue weighted by Gasteiger charge is -1.98. The summed E-state index contributed by atoms with van der Waals surface area (Å²) in [7, 11) is 0. The number of nitrogens with zero attached hydrogens (tertiary/aromatic N) is 2. The molecule has 1 aliphatic carbocycles. The molecule has 82 valence electrons. The van der Waals surface area contributed by atoms with Gasteiger partial charge in [0.15, 0.2) is 0 Å². The normalized spacial score (nSPS) is 17.3. The van der Waals surface area contributed by atoms with Gasteiger partial charge in [-0.05, 0) is 38.0 Å². The number of rotatable bonds is 2. The fraction of sp³-hybridized carbons (Fsp3) is 0.250. The maximum Gasteiger partial charge on any atom is 0.289 e. The van der Waals surface area contributed by atoms with E-state index < -0.39 is 0 Å². The number of aromatic nitrogens is 1. The van der Waals surface area contributed by atoms with Crippen LogP contribution >= 0.6 is 0 Å². The van der Waals surface area contributed by atoms with Crippen molar-refractivity contribution in [2.24, 2.45) is 5.10 Å². The first-order valence-electron chi connectivity index (χ1n) is 5.21. The zero-order valence-electron chi connectivity index (χ0n) is 9.10. The van der Waals surface area contributed by atoms with Crippen LogP contribution in [-0.2, 0) is 0 Å². The van der Waals surface area contributed by atoms with Gasteiger partial charge in [0.05, 0.1) is 5.71 Å². The maximum atomic E-state index is 11.6. The number of carbonyl (C=O) groups excluding carboxylic acids is 1. The van der Waals surface area contributed by atoms with Gasteiger partial charge in [-0.15, -0.1) is 0 Å². The van der Waals surface area contributed by atoms with Gasteiger partial charge in [-0.25, -0.2) is 5.43 Å². The lowest BCUT2D eigenvalue weighted by Crippen LogP contribution is -2.19. The lowest BCUT2D eigenvalue weighted by molar-refractivity contribution is 0.0950. The maximum absolute atomic E-state index is 11.6. The average Bonchev–Trinajstić information content (AvgIpc) is 2.73. The standard InChI is InChI=1S/C12H13N3O/c1-9-5-6-10(8-9)14-15-12(16)11-4-2-3-7-13-11/h2-4,7-8H,5-6H2,1H3,(H,15,16)/b14-10+. The van der Waals surface area contributed by atoms with Crippen molar-refractivity contribution in [3.8, 4) is 0 Å². The zero-order chi connectivity index (χ0) is 11.4. The molecule has 0 fully saturated rings. The molecular weight excluding hydrogens is 202 g/mol. The van der Waals surface area contributed by atoms with Gasteiger partial charge in [-0.2, -0.15) is 5.10 Å². The molecule has 1 aromatic rings. The van der Waals surface area contributed by atoms with Gasteiger partial charge >= 0.3 is 0 Å². The Labute approximate surface area is 94.1 Å². The fourth-order valence-electron chi connectivity index (χ4n) is 1.52. The average molecular weight is 215 g/mol. The molecule has 4 nitrogen and oxygen atoms in total. The molecule has 0 bridgehead atoms. The molecule has 1 amide bonds.